The minimum absolute atomic E-state index is 0.155. The van der Waals surface area contributed by atoms with Crippen molar-refractivity contribution in [3.05, 3.63) is 16.0 Å². The van der Waals surface area contributed by atoms with Gasteiger partial charge in [-0.05, 0) is 6.92 Å². The molecule has 9 heteroatoms. The quantitative estimate of drug-likeness (QED) is 0.621. The van der Waals surface area contributed by atoms with Crippen LogP contribution in [0.15, 0.2) is 9.13 Å². The van der Waals surface area contributed by atoms with Crippen molar-refractivity contribution in [2.75, 3.05) is 12.4 Å². The van der Waals surface area contributed by atoms with Crippen molar-refractivity contribution in [1.82, 2.24) is 19.8 Å². The molecule has 0 aliphatic carbocycles. The Kier molecular flexibility index (Phi) is 4.62. The van der Waals surface area contributed by atoms with Gasteiger partial charge in [0.05, 0.1) is 12.4 Å². The summed E-state index contributed by atoms with van der Waals surface area (Å²) in [5.74, 6) is -0.155. The van der Waals surface area contributed by atoms with E-state index in [1.807, 2.05) is 20.8 Å². The Hall–Kier alpha value is -1.48. The predicted octanol–water partition coefficient (Wildman–Crippen LogP) is 1.50. The summed E-state index contributed by atoms with van der Waals surface area (Å²) in [6.07, 6.45) is 0. The minimum Gasteiger partial charge on any atom is -0.465 e. The number of esters is 1. The first-order valence-corrected chi connectivity index (χ1v) is 8.18. The molecule has 0 atom stereocenters. The third-order valence-corrected chi connectivity index (χ3v) is 4.51. The molecule has 7 nitrogen and oxygen atoms in total. The highest BCUT2D eigenvalue weighted by molar-refractivity contribution is 8.01. The van der Waals surface area contributed by atoms with E-state index in [1.165, 1.54) is 27.6 Å². The van der Waals surface area contributed by atoms with Crippen LogP contribution in [0.4, 0.5) is 0 Å². The molecule has 0 aliphatic heterocycles. The molecule has 0 unspecified atom stereocenters. The van der Waals surface area contributed by atoms with Gasteiger partial charge < -0.3 is 4.74 Å². The molecule has 114 valence electrons. The number of hydrogen-bond donors (Lipinski definition) is 0. The monoisotopic (exact) mass is 328 g/mol. The van der Waals surface area contributed by atoms with Crippen molar-refractivity contribution >= 4 is 34.0 Å². The first kappa shape index (κ1) is 15.9. The van der Waals surface area contributed by atoms with Crippen LogP contribution in [0.25, 0.3) is 4.96 Å². The van der Waals surface area contributed by atoms with Crippen molar-refractivity contribution in [3.63, 3.8) is 0 Å². The van der Waals surface area contributed by atoms with Crippen molar-refractivity contribution in [2.24, 2.45) is 0 Å². The van der Waals surface area contributed by atoms with Gasteiger partial charge in [-0.3, -0.25) is 9.59 Å². The van der Waals surface area contributed by atoms with Crippen LogP contribution < -0.4 is 5.56 Å². The van der Waals surface area contributed by atoms with Crippen LogP contribution >= 0.6 is 23.1 Å². The Labute approximate surface area is 129 Å². The van der Waals surface area contributed by atoms with Crippen molar-refractivity contribution in [1.29, 1.82) is 0 Å². The molecule has 0 fully saturated rings. The lowest BCUT2D eigenvalue weighted by molar-refractivity contribution is -0.139. The van der Waals surface area contributed by atoms with Gasteiger partial charge in [0, 0.05) is 5.41 Å². The molecule has 2 aromatic heterocycles. The zero-order valence-corrected chi connectivity index (χ0v) is 13.9. The highest BCUT2D eigenvalue weighted by atomic mass is 32.2. The first-order chi connectivity index (χ1) is 9.82. The van der Waals surface area contributed by atoms with Gasteiger partial charge in [-0.25, -0.2) is 0 Å². The van der Waals surface area contributed by atoms with Crippen LogP contribution in [0.2, 0.25) is 0 Å². The third kappa shape index (κ3) is 3.59. The number of hydrogen-bond acceptors (Lipinski definition) is 8. The van der Waals surface area contributed by atoms with Crippen molar-refractivity contribution < 1.29 is 9.53 Å². The molecule has 0 bridgehead atoms. The van der Waals surface area contributed by atoms with Gasteiger partial charge in [-0.2, -0.15) is 4.52 Å². The van der Waals surface area contributed by atoms with Gasteiger partial charge in [-0.15, -0.1) is 15.3 Å². The largest absolute Gasteiger partial charge is 0.465 e. The Morgan fingerprint density at radius 1 is 1.38 bits per heavy atom. The fourth-order valence-electron chi connectivity index (χ4n) is 1.55. The molecular formula is C12H16N4O3S2. The fourth-order valence-corrected chi connectivity index (χ4v) is 3.22. The van der Waals surface area contributed by atoms with Gasteiger partial charge in [0.15, 0.2) is 4.34 Å². The van der Waals surface area contributed by atoms with E-state index >= 15 is 0 Å². The summed E-state index contributed by atoms with van der Waals surface area (Å²) in [4.78, 5) is 24.1. The van der Waals surface area contributed by atoms with Crippen molar-refractivity contribution in [2.45, 2.75) is 37.4 Å². The maximum absolute atomic E-state index is 12.3. The Bertz CT molecular complexity index is 717. The lowest BCUT2D eigenvalue weighted by Gasteiger charge is -2.14. The molecule has 2 aromatic rings. The van der Waals surface area contributed by atoms with E-state index < -0.39 is 5.41 Å². The zero-order chi connectivity index (χ0) is 15.6. The number of ether oxygens (including phenoxy) is 1. The summed E-state index contributed by atoms with van der Waals surface area (Å²) in [7, 11) is 0. The molecule has 0 radical (unpaired) electrons. The molecule has 0 saturated heterocycles. The molecule has 2 rings (SSSR count). The topological polar surface area (TPSA) is 86.5 Å². The summed E-state index contributed by atoms with van der Waals surface area (Å²) >= 11 is 2.45. The van der Waals surface area contributed by atoms with Gasteiger partial charge in [0.1, 0.15) is 5.69 Å². The summed E-state index contributed by atoms with van der Waals surface area (Å²) in [5, 5.41) is 12.2. The average molecular weight is 328 g/mol. The molecule has 0 N–H and O–H groups in total. The Balaban J connectivity index is 2.28. The van der Waals surface area contributed by atoms with Gasteiger partial charge >= 0.3 is 5.97 Å². The molecule has 0 spiro atoms. The van der Waals surface area contributed by atoms with E-state index in [0.717, 1.165) is 0 Å². The average Bonchev–Trinajstić information content (AvgIpc) is 2.79. The van der Waals surface area contributed by atoms with Gasteiger partial charge in [0.25, 0.3) is 5.56 Å². The van der Waals surface area contributed by atoms with Crippen LogP contribution in [-0.2, 0) is 14.9 Å². The van der Waals surface area contributed by atoms with E-state index in [0.29, 0.717) is 21.6 Å². The van der Waals surface area contributed by atoms with Crippen LogP contribution in [-0.4, -0.2) is 38.1 Å². The number of nitrogens with zero attached hydrogens (tertiary/aromatic N) is 4. The molecule has 0 aromatic carbocycles. The third-order valence-electron chi connectivity index (χ3n) is 2.50. The van der Waals surface area contributed by atoms with Gasteiger partial charge in [-0.1, -0.05) is 43.9 Å². The van der Waals surface area contributed by atoms with E-state index in [2.05, 4.69) is 15.3 Å². The van der Waals surface area contributed by atoms with Crippen LogP contribution in [0.3, 0.4) is 0 Å². The second-order valence-corrected chi connectivity index (χ2v) is 7.44. The maximum atomic E-state index is 12.3. The van der Waals surface area contributed by atoms with E-state index in [-0.39, 0.29) is 17.3 Å². The lowest BCUT2D eigenvalue weighted by atomic mass is 9.93. The second-order valence-electron chi connectivity index (χ2n) is 5.26. The molecule has 0 saturated carbocycles. The zero-order valence-electron chi connectivity index (χ0n) is 12.2. The number of aromatic nitrogens is 4. The van der Waals surface area contributed by atoms with Crippen LogP contribution in [0.5, 0.6) is 0 Å². The summed E-state index contributed by atoms with van der Waals surface area (Å²) in [6, 6.07) is 0. The van der Waals surface area contributed by atoms with Crippen LogP contribution in [0, 0.1) is 0 Å². The second kappa shape index (κ2) is 6.10. The number of carbonyl (C=O) groups excluding carboxylic acids is 1. The number of carbonyl (C=O) groups is 1. The Morgan fingerprint density at radius 3 is 2.71 bits per heavy atom. The van der Waals surface area contributed by atoms with E-state index in [9.17, 15) is 9.59 Å². The summed E-state index contributed by atoms with van der Waals surface area (Å²) in [6.45, 7) is 7.79. The molecule has 2 heterocycles. The maximum Gasteiger partial charge on any atom is 0.316 e. The number of thioether (sulfide) groups is 1. The highest BCUT2D eigenvalue weighted by Gasteiger charge is 2.23. The lowest BCUT2D eigenvalue weighted by Crippen LogP contribution is -2.30. The molecule has 0 aliphatic rings. The van der Waals surface area contributed by atoms with E-state index in [1.54, 1.807) is 6.92 Å². The van der Waals surface area contributed by atoms with E-state index in [4.69, 9.17) is 4.74 Å². The molecule has 0 amide bonds. The summed E-state index contributed by atoms with van der Waals surface area (Å²) < 4.78 is 6.67. The highest BCUT2D eigenvalue weighted by Crippen LogP contribution is 2.24. The van der Waals surface area contributed by atoms with Crippen molar-refractivity contribution in [3.8, 4) is 0 Å². The normalized spacial score (nSPS) is 11.8. The SMILES string of the molecule is CCOC(=O)CSc1nn2c(=O)c(C(C)(C)C)nnc2s1. The molecular weight excluding hydrogens is 312 g/mol. The number of fused-ring (bicyclic) bond motifs is 1. The fraction of sp³-hybridized carbons (Fsp3) is 0.583. The minimum atomic E-state index is -0.396. The standard InChI is InChI=1S/C12H16N4O3S2/c1-5-19-7(17)6-20-11-15-16-9(18)8(12(2,3)4)13-14-10(16)21-11/h5-6H2,1-4H3. The Morgan fingerprint density at radius 2 is 2.10 bits per heavy atom. The first-order valence-electron chi connectivity index (χ1n) is 6.38. The van der Waals surface area contributed by atoms with Gasteiger partial charge in [0.2, 0.25) is 4.96 Å². The predicted molar refractivity (Wildman–Crippen MR) is 81.0 cm³/mol. The van der Waals surface area contributed by atoms with Crippen LogP contribution in [0.1, 0.15) is 33.4 Å². The molecule has 21 heavy (non-hydrogen) atoms. The summed E-state index contributed by atoms with van der Waals surface area (Å²) in [5.41, 5.74) is -0.299. The smallest absolute Gasteiger partial charge is 0.316 e. The number of rotatable bonds is 4.